The first-order chi connectivity index (χ1) is 10.1. The summed E-state index contributed by atoms with van der Waals surface area (Å²) >= 11 is 3.28. The second kappa shape index (κ2) is 7.47. The molecule has 1 aromatic heterocycles. The Hall–Kier alpha value is -1.53. The van der Waals surface area contributed by atoms with Crippen molar-refractivity contribution in [1.82, 2.24) is 15.3 Å². The Morgan fingerprint density at radius 3 is 2.90 bits per heavy atom. The van der Waals surface area contributed by atoms with Gasteiger partial charge in [0.2, 0.25) is 0 Å². The molecule has 6 heteroatoms. The van der Waals surface area contributed by atoms with Gasteiger partial charge in [-0.25, -0.2) is 9.37 Å². The first-order valence-electron chi connectivity index (χ1n) is 6.76. The third-order valence-electron chi connectivity index (χ3n) is 2.90. The lowest BCUT2D eigenvalue weighted by Crippen LogP contribution is -2.15. The minimum absolute atomic E-state index is 0.0978. The van der Waals surface area contributed by atoms with Crippen LogP contribution in [0.5, 0.6) is 11.8 Å². The minimum Gasteiger partial charge on any atom is -0.421 e. The van der Waals surface area contributed by atoms with E-state index in [1.165, 1.54) is 6.07 Å². The molecule has 2 aromatic rings. The highest BCUT2D eigenvalue weighted by Gasteiger charge is 2.09. The van der Waals surface area contributed by atoms with Gasteiger partial charge in [0.1, 0.15) is 0 Å². The van der Waals surface area contributed by atoms with E-state index in [1.807, 2.05) is 6.92 Å². The predicted molar refractivity (Wildman–Crippen MR) is 82.9 cm³/mol. The highest BCUT2D eigenvalue weighted by atomic mass is 79.9. The lowest BCUT2D eigenvalue weighted by atomic mass is 10.2. The molecule has 2 rings (SSSR count). The number of aryl methyl sites for hydroxylation is 1. The standard InChI is InChI=1S/C15H17BrFN3O/c1-3-6-18-8-11-9-19-15(20-10(11)2)21-14-7-12(16)4-5-13(14)17/h4-5,7,9,18H,3,6,8H2,1-2H3. The molecule has 0 fully saturated rings. The number of halogens is 2. The van der Waals surface area contributed by atoms with Crippen molar-refractivity contribution in [2.24, 2.45) is 0 Å². The highest BCUT2D eigenvalue weighted by molar-refractivity contribution is 9.10. The van der Waals surface area contributed by atoms with Gasteiger partial charge in [0.05, 0.1) is 0 Å². The Bertz CT molecular complexity index is 622. The Labute approximate surface area is 131 Å². The molecule has 0 amide bonds. The normalized spacial score (nSPS) is 10.7. The molecule has 0 aliphatic carbocycles. The van der Waals surface area contributed by atoms with Gasteiger partial charge in [-0.05, 0) is 38.1 Å². The van der Waals surface area contributed by atoms with Crippen LogP contribution in [0, 0.1) is 12.7 Å². The number of nitrogens with zero attached hydrogens (tertiary/aromatic N) is 2. The van der Waals surface area contributed by atoms with Gasteiger partial charge in [-0.1, -0.05) is 22.9 Å². The SMILES string of the molecule is CCCNCc1cnc(Oc2cc(Br)ccc2F)nc1C. The van der Waals surface area contributed by atoms with Crippen molar-refractivity contribution in [3.05, 3.63) is 45.9 Å². The molecule has 0 spiro atoms. The molecule has 0 saturated heterocycles. The molecule has 0 radical (unpaired) electrons. The third kappa shape index (κ3) is 4.47. The molecule has 0 aliphatic rings. The Balaban J connectivity index is 2.11. The molecule has 0 atom stereocenters. The Morgan fingerprint density at radius 1 is 1.38 bits per heavy atom. The van der Waals surface area contributed by atoms with E-state index in [2.05, 4.69) is 38.1 Å². The molecular weight excluding hydrogens is 337 g/mol. The van der Waals surface area contributed by atoms with Crippen molar-refractivity contribution < 1.29 is 9.13 Å². The molecule has 0 unspecified atom stereocenters. The van der Waals surface area contributed by atoms with Gasteiger partial charge < -0.3 is 10.1 Å². The van der Waals surface area contributed by atoms with Gasteiger partial charge in [-0.15, -0.1) is 0 Å². The van der Waals surface area contributed by atoms with E-state index in [4.69, 9.17) is 4.74 Å². The van der Waals surface area contributed by atoms with Crippen LogP contribution in [0.25, 0.3) is 0 Å². The molecule has 1 heterocycles. The summed E-state index contributed by atoms with van der Waals surface area (Å²) in [5, 5.41) is 3.29. The van der Waals surface area contributed by atoms with E-state index in [0.717, 1.165) is 28.7 Å². The molecule has 0 saturated carbocycles. The van der Waals surface area contributed by atoms with E-state index < -0.39 is 5.82 Å². The van der Waals surface area contributed by atoms with E-state index >= 15 is 0 Å². The van der Waals surface area contributed by atoms with Crippen molar-refractivity contribution in [2.75, 3.05) is 6.54 Å². The van der Waals surface area contributed by atoms with Crippen molar-refractivity contribution >= 4 is 15.9 Å². The van der Waals surface area contributed by atoms with Crippen LogP contribution in [0.1, 0.15) is 24.6 Å². The van der Waals surface area contributed by atoms with Crippen LogP contribution in [0.2, 0.25) is 0 Å². The zero-order chi connectivity index (χ0) is 15.2. The van der Waals surface area contributed by atoms with E-state index in [-0.39, 0.29) is 11.8 Å². The quantitative estimate of drug-likeness (QED) is 0.798. The topological polar surface area (TPSA) is 47.0 Å². The Kier molecular flexibility index (Phi) is 5.64. The van der Waals surface area contributed by atoms with Crippen LogP contribution in [0.3, 0.4) is 0 Å². The van der Waals surface area contributed by atoms with E-state index in [1.54, 1.807) is 18.3 Å². The molecule has 21 heavy (non-hydrogen) atoms. The molecular formula is C15H17BrFN3O. The summed E-state index contributed by atoms with van der Waals surface area (Å²) in [6.45, 7) is 5.65. The monoisotopic (exact) mass is 353 g/mol. The Morgan fingerprint density at radius 2 is 2.19 bits per heavy atom. The molecule has 1 aromatic carbocycles. The minimum atomic E-state index is -0.451. The number of hydrogen-bond acceptors (Lipinski definition) is 4. The fourth-order valence-electron chi connectivity index (χ4n) is 1.75. The number of benzene rings is 1. The zero-order valence-corrected chi connectivity index (χ0v) is 13.6. The molecule has 0 bridgehead atoms. The number of aromatic nitrogens is 2. The molecule has 1 N–H and O–H groups in total. The summed E-state index contributed by atoms with van der Waals surface area (Å²) < 4.78 is 19.8. The lowest BCUT2D eigenvalue weighted by Gasteiger charge is -2.09. The lowest BCUT2D eigenvalue weighted by molar-refractivity contribution is 0.408. The average molecular weight is 354 g/mol. The molecule has 0 aliphatic heterocycles. The number of ether oxygens (including phenoxy) is 1. The van der Waals surface area contributed by atoms with Gasteiger partial charge in [0.25, 0.3) is 0 Å². The number of rotatable bonds is 6. The first-order valence-corrected chi connectivity index (χ1v) is 7.55. The van der Waals surface area contributed by atoms with Gasteiger partial charge >= 0.3 is 6.01 Å². The predicted octanol–water partition coefficient (Wildman–Crippen LogP) is 3.98. The maximum Gasteiger partial charge on any atom is 0.322 e. The summed E-state index contributed by atoms with van der Waals surface area (Å²) in [6, 6.07) is 4.63. The summed E-state index contributed by atoms with van der Waals surface area (Å²) in [7, 11) is 0. The van der Waals surface area contributed by atoms with E-state index in [9.17, 15) is 4.39 Å². The van der Waals surface area contributed by atoms with Crippen LogP contribution in [0.4, 0.5) is 4.39 Å². The fourth-order valence-corrected chi connectivity index (χ4v) is 2.09. The van der Waals surface area contributed by atoms with Crippen molar-refractivity contribution in [1.29, 1.82) is 0 Å². The van der Waals surface area contributed by atoms with Crippen LogP contribution in [-0.4, -0.2) is 16.5 Å². The smallest absolute Gasteiger partial charge is 0.322 e. The second-order valence-corrected chi connectivity index (χ2v) is 5.53. The van der Waals surface area contributed by atoms with Crippen molar-refractivity contribution in [3.63, 3.8) is 0 Å². The maximum atomic E-state index is 13.6. The average Bonchev–Trinajstić information content (AvgIpc) is 2.45. The van der Waals surface area contributed by atoms with Crippen LogP contribution in [-0.2, 0) is 6.54 Å². The van der Waals surface area contributed by atoms with Crippen molar-refractivity contribution in [3.8, 4) is 11.8 Å². The highest BCUT2D eigenvalue weighted by Crippen LogP contribution is 2.25. The number of nitrogens with one attached hydrogen (secondary N) is 1. The van der Waals surface area contributed by atoms with Gasteiger partial charge in [0.15, 0.2) is 11.6 Å². The number of hydrogen-bond donors (Lipinski definition) is 1. The van der Waals surface area contributed by atoms with Crippen molar-refractivity contribution in [2.45, 2.75) is 26.8 Å². The zero-order valence-electron chi connectivity index (χ0n) is 12.0. The van der Waals surface area contributed by atoms with Gasteiger partial charge in [0, 0.05) is 28.5 Å². The fraction of sp³-hybridized carbons (Fsp3) is 0.333. The van der Waals surface area contributed by atoms with Crippen LogP contribution in [0.15, 0.2) is 28.9 Å². The largest absolute Gasteiger partial charge is 0.421 e. The van der Waals surface area contributed by atoms with E-state index in [0.29, 0.717) is 6.54 Å². The van der Waals surface area contributed by atoms with Crippen LogP contribution < -0.4 is 10.1 Å². The molecule has 112 valence electrons. The van der Waals surface area contributed by atoms with Gasteiger partial charge in [-0.2, -0.15) is 4.98 Å². The third-order valence-corrected chi connectivity index (χ3v) is 3.39. The maximum absolute atomic E-state index is 13.6. The summed E-state index contributed by atoms with van der Waals surface area (Å²) in [5.74, 6) is -0.353. The van der Waals surface area contributed by atoms with Gasteiger partial charge in [-0.3, -0.25) is 0 Å². The van der Waals surface area contributed by atoms with Crippen LogP contribution >= 0.6 is 15.9 Å². The first kappa shape index (κ1) is 15.9. The molecule has 4 nitrogen and oxygen atoms in total. The summed E-state index contributed by atoms with van der Waals surface area (Å²) in [4.78, 5) is 8.39. The second-order valence-electron chi connectivity index (χ2n) is 4.62. The summed E-state index contributed by atoms with van der Waals surface area (Å²) in [5.41, 5.74) is 1.82. The summed E-state index contributed by atoms with van der Waals surface area (Å²) in [6.07, 6.45) is 2.78.